The first-order valence-corrected chi connectivity index (χ1v) is 8.09. The van der Waals surface area contributed by atoms with Gasteiger partial charge in [-0.2, -0.15) is 11.8 Å². The van der Waals surface area contributed by atoms with Gasteiger partial charge in [0, 0.05) is 18.8 Å². The normalized spacial score (nSPS) is 13.2. The highest BCUT2D eigenvalue weighted by Crippen LogP contribution is 2.15. The molecule has 1 heterocycles. The van der Waals surface area contributed by atoms with E-state index >= 15 is 0 Å². The molecule has 0 radical (unpaired) electrons. The Kier molecular flexibility index (Phi) is 7.44. The summed E-state index contributed by atoms with van der Waals surface area (Å²) in [5.41, 5.74) is 1.14. The van der Waals surface area contributed by atoms with Gasteiger partial charge in [-0.05, 0) is 37.3 Å². The highest BCUT2D eigenvalue weighted by molar-refractivity contribution is 7.99. The summed E-state index contributed by atoms with van der Waals surface area (Å²) in [6, 6.07) is 0.551. The summed E-state index contributed by atoms with van der Waals surface area (Å²) < 4.78 is 2.24. The van der Waals surface area contributed by atoms with E-state index in [0.717, 1.165) is 18.8 Å². The average Bonchev–Trinajstić information content (AvgIpc) is 2.77. The lowest BCUT2D eigenvalue weighted by Crippen LogP contribution is -2.19. The van der Waals surface area contributed by atoms with Crippen molar-refractivity contribution >= 4 is 11.8 Å². The SMILES string of the molecule is CCSCCC(C)n1cnc(CNCC(C)C)c1. The van der Waals surface area contributed by atoms with Crippen LogP contribution < -0.4 is 5.32 Å². The summed E-state index contributed by atoms with van der Waals surface area (Å²) in [5, 5.41) is 3.43. The molecule has 1 aromatic rings. The summed E-state index contributed by atoms with van der Waals surface area (Å²) in [4.78, 5) is 4.46. The van der Waals surface area contributed by atoms with Gasteiger partial charge in [0.05, 0.1) is 12.0 Å². The van der Waals surface area contributed by atoms with Crippen LogP contribution in [0.3, 0.4) is 0 Å². The Morgan fingerprint density at radius 2 is 2.17 bits per heavy atom. The lowest BCUT2D eigenvalue weighted by atomic mass is 10.2. The molecule has 1 unspecified atom stereocenters. The van der Waals surface area contributed by atoms with Gasteiger partial charge in [-0.3, -0.25) is 0 Å². The Labute approximate surface area is 116 Å². The van der Waals surface area contributed by atoms with Crippen molar-refractivity contribution < 1.29 is 0 Å². The molecule has 3 nitrogen and oxygen atoms in total. The van der Waals surface area contributed by atoms with E-state index in [-0.39, 0.29) is 0 Å². The number of rotatable bonds is 9. The third-order valence-electron chi connectivity index (χ3n) is 2.91. The van der Waals surface area contributed by atoms with E-state index in [1.165, 1.54) is 17.9 Å². The van der Waals surface area contributed by atoms with Crippen LogP contribution in [-0.4, -0.2) is 27.6 Å². The van der Waals surface area contributed by atoms with E-state index in [0.29, 0.717) is 12.0 Å². The topological polar surface area (TPSA) is 29.9 Å². The van der Waals surface area contributed by atoms with Crippen LogP contribution in [0.15, 0.2) is 12.5 Å². The molecule has 0 aliphatic heterocycles. The van der Waals surface area contributed by atoms with Crippen LogP contribution in [-0.2, 0) is 6.54 Å². The Morgan fingerprint density at radius 3 is 2.83 bits per heavy atom. The van der Waals surface area contributed by atoms with Crippen molar-refractivity contribution in [2.75, 3.05) is 18.1 Å². The summed E-state index contributed by atoms with van der Waals surface area (Å²) >= 11 is 2.01. The van der Waals surface area contributed by atoms with Crippen LogP contribution >= 0.6 is 11.8 Å². The zero-order chi connectivity index (χ0) is 13.4. The van der Waals surface area contributed by atoms with Gasteiger partial charge in [0.1, 0.15) is 0 Å². The Bertz CT molecular complexity index is 323. The van der Waals surface area contributed by atoms with Crippen molar-refractivity contribution in [1.29, 1.82) is 0 Å². The maximum Gasteiger partial charge on any atom is 0.0952 e. The molecular formula is C14H27N3S. The van der Waals surface area contributed by atoms with Crippen molar-refractivity contribution in [3.8, 4) is 0 Å². The largest absolute Gasteiger partial charge is 0.334 e. The number of thioether (sulfide) groups is 1. The number of hydrogen-bond acceptors (Lipinski definition) is 3. The van der Waals surface area contributed by atoms with E-state index in [1.807, 2.05) is 18.1 Å². The first-order valence-electron chi connectivity index (χ1n) is 6.94. The standard InChI is InChI=1S/C14H27N3S/c1-5-18-7-6-13(4)17-10-14(16-11-17)9-15-8-12(2)3/h10-13,15H,5-9H2,1-4H3. The van der Waals surface area contributed by atoms with Crippen molar-refractivity contribution in [2.24, 2.45) is 5.92 Å². The fraction of sp³-hybridized carbons (Fsp3) is 0.786. The summed E-state index contributed by atoms with van der Waals surface area (Å²) in [6.45, 7) is 10.9. The fourth-order valence-electron chi connectivity index (χ4n) is 1.75. The molecule has 1 rings (SSSR count). The second kappa shape index (κ2) is 8.59. The monoisotopic (exact) mass is 269 g/mol. The maximum absolute atomic E-state index is 4.46. The van der Waals surface area contributed by atoms with E-state index in [1.54, 1.807) is 0 Å². The molecule has 0 aromatic carbocycles. The van der Waals surface area contributed by atoms with Gasteiger partial charge < -0.3 is 9.88 Å². The predicted molar refractivity (Wildman–Crippen MR) is 81.1 cm³/mol. The highest BCUT2D eigenvalue weighted by Gasteiger charge is 2.06. The number of aromatic nitrogens is 2. The van der Waals surface area contributed by atoms with Gasteiger partial charge >= 0.3 is 0 Å². The minimum absolute atomic E-state index is 0.551. The molecule has 0 amide bonds. The molecule has 0 bridgehead atoms. The van der Waals surface area contributed by atoms with E-state index < -0.39 is 0 Å². The van der Waals surface area contributed by atoms with Crippen molar-refractivity contribution in [3.63, 3.8) is 0 Å². The van der Waals surface area contributed by atoms with Crippen LogP contribution in [0.5, 0.6) is 0 Å². The number of hydrogen-bond donors (Lipinski definition) is 1. The molecule has 0 fully saturated rings. The van der Waals surface area contributed by atoms with Gasteiger partial charge in [-0.1, -0.05) is 20.8 Å². The minimum atomic E-state index is 0.551. The highest BCUT2D eigenvalue weighted by atomic mass is 32.2. The lowest BCUT2D eigenvalue weighted by molar-refractivity contribution is 0.531. The quantitative estimate of drug-likeness (QED) is 0.697. The number of nitrogens with one attached hydrogen (secondary N) is 1. The summed E-state index contributed by atoms with van der Waals surface area (Å²) in [7, 11) is 0. The number of imidazole rings is 1. The third-order valence-corrected chi connectivity index (χ3v) is 3.84. The molecule has 1 atom stereocenters. The molecule has 0 aliphatic rings. The smallest absolute Gasteiger partial charge is 0.0952 e. The third kappa shape index (κ3) is 5.91. The molecule has 0 saturated heterocycles. The zero-order valence-electron chi connectivity index (χ0n) is 12.1. The van der Waals surface area contributed by atoms with Crippen LogP contribution in [0.4, 0.5) is 0 Å². The van der Waals surface area contributed by atoms with Crippen molar-refractivity contribution in [1.82, 2.24) is 14.9 Å². The predicted octanol–water partition coefficient (Wildman–Crippen LogP) is 3.33. The zero-order valence-corrected chi connectivity index (χ0v) is 13.0. The average molecular weight is 269 g/mol. The first kappa shape index (κ1) is 15.6. The van der Waals surface area contributed by atoms with E-state index in [2.05, 4.69) is 48.8 Å². The first-order chi connectivity index (χ1) is 8.63. The van der Waals surface area contributed by atoms with Gasteiger partial charge in [-0.15, -0.1) is 0 Å². The molecular weight excluding hydrogens is 242 g/mol. The fourth-order valence-corrected chi connectivity index (χ4v) is 2.54. The van der Waals surface area contributed by atoms with Crippen LogP contribution in [0.1, 0.15) is 45.9 Å². The van der Waals surface area contributed by atoms with Gasteiger partial charge in [0.25, 0.3) is 0 Å². The van der Waals surface area contributed by atoms with Crippen molar-refractivity contribution in [3.05, 3.63) is 18.2 Å². The molecule has 0 spiro atoms. The molecule has 0 aliphatic carbocycles. The summed E-state index contributed by atoms with van der Waals surface area (Å²) in [5.74, 6) is 3.13. The molecule has 4 heteroatoms. The van der Waals surface area contributed by atoms with E-state index in [9.17, 15) is 0 Å². The molecule has 18 heavy (non-hydrogen) atoms. The lowest BCUT2D eigenvalue weighted by Gasteiger charge is -2.12. The maximum atomic E-state index is 4.46. The summed E-state index contributed by atoms with van der Waals surface area (Å²) in [6.07, 6.45) is 5.36. The van der Waals surface area contributed by atoms with Crippen LogP contribution in [0.25, 0.3) is 0 Å². The number of nitrogens with zero attached hydrogens (tertiary/aromatic N) is 2. The second-order valence-electron chi connectivity index (χ2n) is 5.17. The Hall–Kier alpha value is -0.480. The molecule has 104 valence electrons. The Balaban J connectivity index is 2.32. The van der Waals surface area contributed by atoms with Gasteiger partial charge in [0.2, 0.25) is 0 Å². The molecule has 1 aromatic heterocycles. The van der Waals surface area contributed by atoms with Crippen LogP contribution in [0.2, 0.25) is 0 Å². The van der Waals surface area contributed by atoms with Gasteiger partial charge in [0.15, 0.2) is 0 Å². The Morgan fingerprint density at radius 1 is 1.39 bits per heavy atom. The van der Waals surface area contributed by atoms with Crippen molar-refractivity contribution in [2.45, 2.75) is 46.7 Å². The minimum Gasteiger partial charge on any atom is -0.334 e. The van der Waals surface area contributed by atoms with Crippen LogP contribution in [0, 0.1) is 5.92 Å². The van der Waals surface area contributed by atoms with E-state index in [4.69, 9.17) is 0 Å². The molecule has 0 saturated carbocycles. The van der Waals surface area contributed by atoms with Gasteiger partial charge in [-0.25, -0.2) is 4.98 Å². The second-order valence-corrected chi connectivity index (χ2v) is 6.57. The molecule has 1 N–H and O–H groups in total.